The number of hydrogen-bond acceptors (Lipinski definition) is 7. The largest absolute Gasteiger partial charge is 0.493 e. The van der Waals surface area contributed by atoms with Gasteiger partial charge < -0.3 is 19.9 Å². The topological polar surface area (TPSA) is 118 Å². The van der Waals surface area contributed by atoms with Gasteiger partial charge in [0, 0.05) is 18.7 Å². The number of hydrogen-bond donors (Lipinski definition) is 2. The van der Waals surface area contributed by atoms with Crippen LogP contribution in [0.2, 0.25) is 0 Å². The highest BCUT2D eigenvalue weighted by molar-refractivity contribution is 8.15. The van der Waals surface area contributed by atoms with E-state index in [0.29, 0.717) is 41.0 Å². The number of anilines is 1. The number of ether oxygens (including phenoxy) is 2. The number of rotatable bonds is 9. The van der Waals surface area contributed by atoms with E-state index in [1.165, 1.54) is 53.4 Å². The van der Waals surface area contributed by atoms with Gasteiger partial charge in [-0.05, 0) is 72.6 Å². The fourth-order valence-corrected chi connectivity index (χ4v) is 5.01. The van der Waals surface area contributed by atoms with Crippen LogP contribution in [0.25, 0.3) is 0 Å². The smallest absolute Gasteiger partial charge is 0.335 e. The van der Waals surface area contributed by atoms with Crippen LogP contribution in [0.5, 0.6) is 11.5 Å². The molecule has 1 saturated heterocycles. The number of nitrogens with zero attached hydrogens (tertiary/aromatic N) is 2. The number of amidine groups is 1. The van der Waals surface area contributed by atoms with Crippen molar-refractivity contribution < 1.29 is 33.4 Å². The van der Waals surface area contributed by atoms with Crippen molar-refractivity contribution in [3.63, 3.8) is 0 Å². The zero-order chi connectivity index (χ0) is 27.9. The number of aromatic carboxylic acids is 1. The molecule has 3 aromatic carbocycles. The molecule has 0 radical (unpaired) electrons. The molecule has 0 bridgehead atoms. The Kier molecular flexibility index (Phi) is 8.82. The van der Waals surface area contributed by atoms with E-state index in [4.69, 9.17) is 14.6 Å². The molecule has 1 aliphatic heterocycles. The Morgan fingerprint density at radius 3 is 2.38 bits per heavy atom. The van der Waals surface area contributed by atoms with Crippen LogP contribution in [0.15, 0.2) is 71.7 Å². The van der Waals surface area contributed by atoms with Crippen LogP contribution < -0.4 is 14.8 Å². The van der Waals surface area contributed by atoms with Crippen LogP contribution in [0.1, 0.15) is 22.3 Å². The number of carboxylic acids is 1. The summed E-state index contributed by atoms with van der Waals surface area (Å²) < 4.78 is 24.1. The molecule has 0 spiro atoms. The maximum absolute atomic E-state index is 13.4. The van der Waals surface area contributed by atoms with E-state index >= 15 is 0 Å². The number of carbonyl (C=O) groups is 3. The molecule has 1 fully saturated rings. The number of thioether (sulfide) groups is 1. The second kappa shape index (κ2) is 12.4. The zero-order valence-electron chi connectivity index (χ0n) is 21.2. The van der Waals surface area contributed by atoms with Crippen molar-refractivity contribution in [2.75, 3.05) is 26.1 Å². The van der Waals surface area contributed by atoms with Gasteiger partial charge in [-0.1, -0.05) is 17.8 Å². The van der Waals surface area contributed by atoms with Crippen molar-refractivity contribution in [2.45, 2.75) is 18.1 Å². The van der Waals surface area contributed by atoms with Gasteiger partial charge in [0.15, 0.2) is 16.7 Å². The number of nitrogens with one attached hydrogen (secondary N) is 1. The summed E-state index contributed by atoms with van der Waals surface area (Å²) in [5, 5.41) is 11.4. The third-order valence-electron chi connectivity index (χ3n) is 5.95. The van der Waals surface area contributed by atoms with E-state index in [9.17, 15) is 18.8 Å². The fourth-order valence-electron chi connectivity index (χ4n) is 3.88. The van der Waals surface area contributed by atoms with Gasteiger partial charge in [-0.25, -0.2) is 14.2 Å². The van der Waals surface area contributed by atoms with Crippen LogP contribution >= 0.6 is 11.8 Å². The Morgan fingerprint density at radius 2 is 1.74 bits per heavy atom. The molecule has 2 amide bonds. The molecule has 11 heteroatoms. The summed E-state index contributed by atoms with van der Waals surface area (Å²) in [7, 11) is 3.10. The Morgan fingerprint density at radius 1 is 1.05 bits per heavy atom. The molecular formula is C28H26FN3O6S. The summed E-state index contributed by atoms with van der Waals surface area (Å²) in [6.45, 7) is 0.298. The first-order valence-corrected chi connectivity index (χ1v) is 12.8. The predicted octanol–water partition coefficient (Wildman–Crippen LogP) is 4.74. The summed E-state index contributed by atoms with van der Waals surface area (Å²) in [5.74, 6) is -1.02. The van der Waals surface area contributed by atoms with E-state index in [2.05, 4.69) is 10.3 Å². The highest BCUT2D eigenvalue weighted by Gasteiger charge is 2.36. The van der Waals surface area contributed by atoms with Crippen LogP contribution in [0, 0.1) is 5.82 Å². The molecule has 39 heavy (non-hydrogen) atoms. The quantitative estimate of drug-likeness (QED) is 0.394. The average Bonchev–Trinajstić information content (AvgIpc) is 2.93. The lowest BCUT2D eigenvalue weighted by molar-refractivity contribution is -0.129. The summed E-state index contributed by atoms with van der Waals surface area (Å²) in [5.41, 5.74) is 1.85. The zero-order valence-corrected chi connectivity index (χ0v) is 22.0. The van der Waals surface area contributed by atoms with Gasteiger partial charge in [0.25, 0.3) is 0 Å². The van der Waals surface area contributed by atoms with Crippen molar-refractivity contribution in [3.05, 3.63) is 83.7 Å². The predicted molar refractivity (Wildman–Crippen MR) is 146 cm³/mol. The lowest BCUT2D eigenvalue weighted by atomic mass is 10.1. The van der Waals surface area contributed by atoms with Crippen molar-refractivity contribution >= 4 is 46.1 Å². The first-order valence-electron chi connectivity index (χ1n) is 11.9. The van der Waals surface area contributed by atoms with Gasteiger partial charge >= 0.3 is 5.97 Å². The van der Waals surface area contributed by atoms with Crippen molar-refractivity contribution in [2.24, 2.45) is 4.99 Å². The minimum absolute atomic E-state index is 0.0575. The number of carboxylic acid groups (broad SMARTS) is 1. The third kappa shape index (κ3) is 6.94. The van der Waals surface area contributed by atoms with Gasteiger partial charge in [0.2, 0.25) is 11.8 Å². The molecule has 2 N–H and O–H groups in total. The molecule has 0 aliphatic carbocycles. The van der Waals surface area contributed by atoms with Gasteiger partial charge in [-0.2, -0.15) is 0 Å². The molecular weight excluding hydrogens is 525 g/mol. The van der Waals surface area contributed by atoms with Gasteiger partial charge in [0.05, 0.1) is 25.5 Å². The third-order valence-corrected chi connectivity index (χ3v) is 7.14. The summed E-state index contributed by atoms with van der Waals surface area (Å²) >= 11 is 1.14. The normalized spacial score (nSPS) is 16.2. The second-order valence-corrected chi connectivity index (χ2v) is 9.71. The molecule has 3 aromatic rings. The monoisotopic (exact) mass is 551 g/mol. The highest BCUT2D eigenvalue weighted by Crippen LogP contribution is 2.31. The Balaban J connectivity index is 1.54. The lowest BCUT2D eigenvalue weighted by Gasteiger charge is -2.32. The van der Waals surface area contributed by atoms with Gasteiger partial charge in [-0.3, -0.25) is 14.5 Å². The summed E-state index contributed by atoms with van der Waals surface area (Å²) in [6.07, 6.45) is 0.431. The molecule has 1 atom stereocenters. The van der Waals surface area contributed by atoms with Crippen LogP contribution in [0.4, 0.5) is 15.8 Å². The number of carbonyl (C=O) groups excluding carboxylic acids is 2. The molecule has 202 valence electrons. The minimum atomic E-state index is -1.07. The van der Waals surface area contributed by atoms with Crippen LogP contribution in [-0.4, -0.2) is 59.0 Å². The Labute approximate surface area is 228 Å². The SMILES string of the molecule is COc1ccc(CCN2C(=O)C[C@@H](C(=O)Nc3ccc(C(=O)O)cc3)SC2=Nc2ccc(F)cc2)cc1OC. The van der Waals surface area contributed by atoms with E-state index in [1.807, 2.05) is 12.1 Å². The Bertz CT molecular complexity index is 1400. The molecule has 0 unspecified atom stereocenters. The van der Waals surface area contributed by atoms with Crippen molar-refractivity contribution in [1.82, 2.24) is 4.90 Å². The summed E-state index contributed by atoms with van der Waals surface area (Å²) in [6, 6.07) is 16.8. The second-order valence-electron chi connectivity index (χ2n) is 8.54. The van der Waals surface area contributed by atoms with Crippen molar-refractivity contribution in [1.29, 1.82) is 0 Å². The first-order chi connectivity index (χ1) is 18.8. The van der Waals surface area contributed by atoms with Crippen LogP contribution in [-0.2, 0) is 16.0 Å². The molecule has 0 saturated carbocycles. The molecule has 4 rings (SSSR count). The molecule has 1 heterocycles. The van der Waals surface area contributed by atoms with E-state index in [1.54, 1.807) is 20.3 Å². The first kappa shape index (κ1) is 27.6. The molecule has 9 nitrogen and oxygen atoms in total. The highest BCUT2D eigenvalue weighted by atomic mass is 32.2. The number of amides is 2. The van der Waals surface area contributed by atoms with Crippen LogP contribution in [0.3, 0.4) is 0 Å². The number of methoxy groups -OCH3 is 2. The number of halogens is 1. The summed E-state index contributed by atoms with van der Waals surface area (Å²) in [4.78, 5) is 43.5. The maximum Gasteiger partial charge on any atom is 0.335 e. The Hall–Kier alpha value is -4.38. The fraction of sp³-hybridized carbons (Fsp3) is 0.214. The molecule has 0 aromatic heterocycles. The van der Waals surface area contributed by atoms with Crippen molar-refractivity contribution in [3.8, 4) is 11.5 Å². The molecule has 1 aliphatic rings. The maximum atomic E-state index is 13.4. The van der Waals surface area contributed by atoms with Gasteiger partial charge in [-0.15, -0.1) is 0 Å². The van der Waals surface area contributed by atoms with Gasteiger partial charge in [0.1, 0.15) is 11.1 Å². The van der Waals surface area contributed by atoms with E-state index in [-0.39, 0.29) is 17.9 Å². The average molecular weight is 552 g/mol. The standard InChI is InChI=1S/C28H26FN3O6S/c1-37-22-12-3-17(15-23(22)38-2)13-14-32-25(33)16-24(39-28(32)31-21-10-6-19(29)7-11-21)26(34)30-20-8-4-18(5-9-20)27(35)36/h3-12,15,24H,13-14,16H2,1-2H3,(H,30,34)(H,35,36)/t24-/m0/s1. The van der Waals surface area contributed by atoms with E-state index in [0.717, 1.165) is 17.3 Å². The minimum Gasteiger partial charge on any atom is -0.493 e. The number of aliphatic imine (C=N–C) groups is 1. The van der Waals surface area contributed by atoms with E-state index < -0.39 is 22.9 Å². The number of benzene rings is 3. The lowest BCUT2D eigenvalue weighted by Crippen LogP contribution is -2.46.